The van der Waals surface area contributed by atoms with Crippen molar-refractivity contribution in [1.82, 2.24) is 0 Å². The number of halogens is 3. The highest BCUT2D eigenvalue weighted by Gasteiger charge is 2.05. The van der Waals surface area contributed by atoms with E-state index >= 15 is 0 Å². The molecule has 0 aliphatic carbocycles. The summed E-state index contributed by atoms with van der Waals surface area (Å²) in [4.78, 5) is 0. The van der Waals surface area contributed by atoms with E-state index in [0.29, 0.717) is 17.4 Å². The number of ether oxygens (including phenoxy) is 1. The van der Waals surface area contributed by atoms with Gasteiger partial charge < -0.3 is 9.84 Å². The average Bonchev–Trinajstić information content (AvgIpc) is 2.33. The van der Waals surface area contributed by atoms with Crippen LogP contribution in [0.4, 0.5) is 0 Å². The number of hydrogen-bond donors (Lipinski definition) is 1. The zero-order valence-electron chi connectivity index (χ0n) is 9.16. The smallest absolute Gasteiger partial charge is 0.134 e. The molecule has 0 unspecified atom stereocenters. The number of benzene rings is 2. The molecule has 0 bridgehead atoms. The van der Waals surface area contributed by atoms with E-state index in [4.69, 9.17) is 39.5 Å². The van der Waals surface area contributed by atoms with Crippen molar-refractivity contribution in [1.29, 1.82) is 0 Å². The van der Waals surface area contributed by atoms with Crippen molar-refractivity contribution in [2.75, 3.05) is 6.61 Å². The Hall–Kier alpha value is -1.09. The number of phenolic OH excluding ortho intramolecular Hbond substituents is 1. The van der Waals surface area contributed by atoms with E-state index in [-0.39, 0.29) is 10.2 Å². The maximum atomic E-state index is 9.49. The molecule has 5 heteroatoms. The Balaban J connectivity index is 2.28. The van der Waals surface area contributed by atoms with Crippen molar-refractivity contribution in [3.63, 3.8) is 0 Å². The summed E-state index contributed by atoms with van der Waals surface area (Å²) in [7, 11) is 0. The van der Waals surface area contributed by atoms with E-state index in [9.17, 15) is 5.11 Å². The molecule has 0 fully saturated rings. The lowest BCUT2D eigenvalue weighted by Crippen LogP contribution is -1.93. The first kappa shape index (κ1) is 13.3. The van der Waals surface area contributed by atoms with Crippen LogP contribution in [-0.4, -0.2) is 11.7 Å². The summed E-state index contributed by atoms with van der Waals surface area (Å²) in [5, 5.41) is 11.5. The van der Waals surface area contributed by atoms with Gasteiger partial charge in [-0.2, -0.15) is 0 Å². The zero-order chi connectivity index (χ0) is 13.1. The molecule has 0 saturated carbocycles. The number of phenols is 1. The molecule has 2 rings (SSSR count). The van der Waals surface area contributed by atoms with E-state index in [1.54, 1.807) is 30.3 Å². The molecular weight excluding hydrogens is 294 g/mol. The lowest BCUT2D eigenvalue weighted by atomic mass is 10.1. The van der Waals surface area contributed by atoms with Gasteiger partial charge in [0.1, 0.15) is 22.6 Å². The number of rotatable bonds is 3. The van der Waals surface area contributed by atoms with Crippen LogP contribution in [0.25, 0.3) is 10.8 Å². The van der Waals surface area contributed by atoms with Crippen LogP contribution in [0.15, 0.2) is 40.9 Å². The van der Waals surface area contributed by atoms with Gasteiger partial charge in [-0.1, -0.05) is 40.9 Å². The van der Waals surface area contributed by atoms with Crippen LogP contribution in [0, 0.1) is 0 Å². The Morgan fingerprint density at radius 1 is 1.22 bits per heavy atom. The van der Waals surface area contributed by atoms with Gasteiger partial charge in [0.15, 0.2) is 0 Å². The fraction of sp³-hybridized carbons (Fsp3) is 0.0769. The second-order valence-electron chi connectivity index (χ2n) is 3.59. The minimum Gasteiger partial charge on any atom is -0.506 e. The second-order valence-corrected chi connectivity index (χ2v) is 4.97. The number of aromatic hydroxyl groups is 1. The zero-order valence-corrected chi connectivity index (χ0v) is 11.4. The molecule has 2 nitrogen and oxygen atoms in total. The summed E-state index contributed by atoms with van der Waals surface area (Å²) in [6, 6.07) is 8.71. The molecule has 0 aliphatic heterocycles. The van der Waals surface area contributed by atoms with E-state index < -0.39 is 0 Å². The second kappa shape index (κ2) is 5.70. The molecular formula is C13H9Cl3O2. The maximum absolute atomic E-state index is 9.49. The third-order valence-electron chi connectivity index (χ3n) is 2.39. The van der Waals surface area contributed by atoms with Crippen molar-refractivity contribution in [3.05, 3.63) is 45.9 Å². The Morgan fingerprint density at radius 2 is 2.00 bits per heavy atom. The Kier molecular flexibility index (Phi) is 4.23. The van der Waals surface area contributed by atoms with Crippen molar-refractivity contribution >= 4 is 45.6 Å². The van der Waals surface area contributed by atoms with E-state index in [1.165, 1.54) is 0 Å². The molecule has 0 saturated heterocycles. The molecule has 0 radical (unpaired) electrons. The lowest BCUT2D eigenvalue weighted by Gasteiger charge is -2.07. The third-order valence-corrected chi connectivity index (χ3v) is 3.10. The van der Waals surface area contributed by atoms with E-state index in [0.717, 1.165) is 10.8 Å². The molecule has 0 aromatic heterocycles. The van der Waals surface area contributed by atoms with Crippen molar-refractivity contribution in [2.45, 2.75) is 0 Å². The van der Waals surface area contributed by atoms with Crippen LogP contribution in [0.5, 0.6) is 11.5 Å². The van der Waals surface area contributed by atoms with Gasteiger partial charge in [-0.05, 0) is 35.7 Å². The molecule has 0 aliphatic rings. The van der Waals surface area contributed by atoms with Gasteiger partial charge in [0.2, 0.25) is 0 Å². The Labute approximate surface area is 119 Å². The predicted molar refractivity (Wildman–Crippen MR) is 75.9 cm³/mol. The highest BCUT2D eigenvalue weighted by molar-refractivity contribution is 6.55. The van der Waals surface area contributed by atoms with Crippen LogP contribution in [0.1, 0.15) is 0 Å². The summed E-state index contributed by atoms with van der Waals surface area (Å²) >= 11 is 16.9. The summed E-state index contributed by atoms with van der Waals surface area (Å²) in [6.45, 7) is 0.291. The molecule has 0 heterocycles. The fourth-order valence-electron chi connectivity index (χ4n) is 1.55. The van der Waals surface area contributed by atoms with Gasteiger partial charge in [0.25, 0.3) is 0 Å². The van der Waals surface area contributed by atoms with Crippen molar-refractivity contribution in [3.8, 4) is 11.5 Å². The van der Waals surface area contributed by atoms with Crippen LogP contribution in [-0.2, 0) is 0 Å². The predicted octanol–water partition coefficient (Wildman–Crippen LogP) is 4.90. The van der Waals surface area contributed by atoms with Crippen molar-refractivity contribution < 1.29 is 9.84 Å². The Morgan fingerprint density at radius 3 is 2.72 bits per heavy atom. The summed E-state index contributed by atoms with van der Waals surface area (Å²) in [6.07, 6.45) is 1.55. The van der Waals surface area contributed by atoms with Gasteiger partial charge in [-0.25, -0.2) is 0 Å². The normalized spacial score (nSPS) is 10.4. The lowest BCUT2D eigenvalue weighted by molar-refractivity contribution is 0.363. The summed E-state index contributed by atoms with van der Waals surface area (Å²) in [5.41, 5.74) is 0. The first-order chi connectivity index (χ1) is 8.58. The fourth-order valence-corrected chi connectivity index (χ4v) is 1.91. The van der Waals surface area contributed by atoms with Gasteiger partial charge in [0, 0.05) is 5.39 Å². The minimum atomic E-state index is 0.0645. The number of hydrogen-bond acceptors (Lipinski definition) is 2. The van der Waals surface area contributed by atoms with Crippen LogP contribution < -0.4 is 4.74 Å². The Bertz CT molecular complexity index is 604. The summed E-state index contributed by atoms with van der Waals surface area (Å²) < 4.78 is 5.61. The molecule has 0 spiro atoms. The summed E-state index contributed by atoms with van der Waals surface area (Å²) in [5.74, 6) is 0.741. The maximum Gasteiger partial charge on any atom is 0.134 e. The third kappa shape index (κ3) is 3.02. The number of fused-ring (bicyclic) bond motifs is 1. The monoisotopic (exact) mass is 302 g/mol. The first-order valence-electron chi connectivity index (χ1n) is 5.13. The van der Waals surface area contributed by atoms with Gasteiger partial charge in [-0.3, -0.25) is 0 Å². The molecule has 1 N–H and O–H groups in total. The van der Waals surface area contributed by atoms with E-state index in [2.05, 4.69) is 0 Å². The van der Waals surface area contributed by atoms with Crippen LogP contribution >= 0.6 is 34.8 Å². The highest BCUT2D eigenvalue weighted by Crippen LogP contribution is 2.33. The molecule has 94 valence electrons. The highest BCUT2D eigenvalue weighted by atomic mass is 35.5. The average molecular weight is 304 g/mol. The van der Waals surface area contributed by atoms with Crippen LogP contribution in [0.3, 0.4) is 0 Å². The standard InChI is InChI=1S/C13H9Cl3O2/c14-12(15)5-6-18-9-2-3-10-8(7-9)1-4-11(17)13(10)16/h1-5,7,17H,6H2. The van der Waals surface area contributed by atoms with Gasteiger partial charge in [0.05, 0.1) is 5.02 Å². The molecule has 18 heavy (non-hydrogen) atoms. The molecule has 2 aromatic carbocycles. The van der Waals surface area contributed by atoms with Crippen molar-refractivity contribution in [2.24, 2.45) is 0 Å². The van der Waals surface area contributed by atoms with E-state index in [1.807, 2.05) is 6.07 Å². The molecule has 2 aromatic rings. The van der Waals surface area contributed by atoms with Gasteiger partial charge >= 0.3 is 0 Å². The molecule has 0 atom stereocenters. The van der Waals surface area contributed by atoms with Gasteiger partial charge in [-0.15, -0.1) is 0 Å². The topological polar surface area (TPSA) is 29.5 Å². The minimum absolute atomic E-state index is 0.0645. The SMILES string of the molecule is Oc1ccc2cc(OCC=C(Cl)Cl)ccc2c1Cl. The largest absolute Gasteiger partial charge is 0.506 e. The molecule has 0 amide bonds. The van der Waals surface area contributed by atoms with Crippen LogP contribution in [0.2, 0.25) is 5.02 Å². The quantitative estimate of drug-likeness (QED) is 0.874. The first-order valence-corrected chi connectivity index (χ1v) is 6.26.